The van der Waals surface area contributed by atoms with E-state index in [1.165, 1.54) is 19.1 Å². The number of nitrogens with zero attached hydrogens (tertiary/aromatic N) is 3. The van der Waals surface area contributed by atoms with E-state index in [1.54, 1.807) is 29.2 Å². The van der Waals surface area contributed by atoms with Crippen LogP contribution >= 0.6 is 23.4 Å². The molecule has 1 aromatic heterocycles. The maximum atomic E-state index is 14.2. The number of aromatic nitrogens is 2. The monoisotopic (exact) mass is 461 g/mol. The number of hydrogen-bond donors (Lipinski definition) is 0. The molecule has 0 aliphatic heterocycles. The molecule has 6 nitrogen and oxygen atoms in total. The summed E-state index contributed by atoms with van der Waals surface area (Å²) in [4.78, 5) is 26.0. The molecule has 31 heavy (non-hydrogen) atoms. The number of carbonyl (C=O) groups excluding carboxylic acids is 2. The number of hydrogen-bond acceptors (Lipinski definition) is 6. The van der Waals surface area contributed by atoms with Crippen LogP contribution in [0.4, 0.5) is 4.39 Å². The SMILES string of the molecule is CC(=O)c1ccc(SCC(=O)N(Cc2nnc(-c3ccccc3Cl)o2)C(C)C)c(F)c1. The van der Waals surface area contributed by atoms with Crippen LogP contribution in [0.25, 0.3) is 11.5 Å². The van der Waals surface area contributed by atoms with Crippen molar-refractivity contribution in [2.24, 2.45) is 0 Å². The lowest BCUT2D eigenvalue weighted by molar-refractivity contribution is -0.131. The maximum absolute atomic E-state index is 14.2. The third-order valence-corrected chi connectivity index (χ3v) is 5.87. The van der Waals surface area contributed by atoms with Crippen LogP contribution in [0.5, 0.6) is 0 Å². The largest absolute Gasteiger partial charge is 0.419 e. The van der Waals surface area contributed by atoms with Crippen LogP contribution in [0, 0.1) is 5.82 Å². The first-order valence-corrected chi connectivity index (χ1v) is 10.9. The van der Waals surface area contributed by atoms with Crippen LogP contribution in [0.1, 0.15) is 37.0 Å². The zero-order valence-corrected chi connectivity index (χ0v) is 18.8. The fraction of sp³-hybridized carbons (Fsp3) is 0.273. The van der Waals surface area contributed by atoms with E-state index in [0.717, 1.165) is 11.8 Å². The van der Waals surface area contributed by atoms with E-state index in [0.29, 0.717) is 21.0 Å². The Morgan fingerprint density at radius 2 is 1.94 bits per heavy atom. The molecule has 9 heteroatoms. The number of rotatable bonds is 8. The van der Waals surface area contributed by atoms with E-state index in [4.69, 9.17) is 16.0 Å². The van der Waals surface area contributed by atoms with Crippen LogP contribution in [0.3, 0.4) is 0 Å². The van der Waals surface area contributed by atoms with E-state index in [-0.39, 0.29) is 41.8 Å². The van der Waals surface area contributed by atoms with Crippen molar-refractivity contribution >= 4 is 35.1 Å². The fourth-order valence-electron chi connectivity index (χ4n) is 2.82. The number of amides is 1. The van der Waals surface area contributed by atoms with E-state index >= 15 is 0 Å². The van der Waals surface area contributed by atoms with Crippen molar-refractivity contribution in [3.05, 3.63) is 64.8 Å². The summed E-state index contributed by atoms with van der Waals surface area (Å²) < 4.78 is 19.9. The highest BCUT2D eigenvalue weighted by molar-refractivity contribution is 8.00. The summed E-state index contributed by atoms with van der Waals surface area (Å²) in [5.74, 6) is -0.360. The van der Waals surface area contributed by atoms with Gasteiger partial charge in [-0.15, -0.1) is 22.0 Å². The van der Waals surface area contributed by atoms with Gasteiger partial charge in [0.2, 0.25) is 17.7 Å². The number of benzene rings is 2. The molecule has 0 saturated carbocycles. The van der Waals surface area contributed by atoms with Crippen molar-refractivity contribution in [2.75, 3.05) is 5.75 Å². The molecule has 0 radical (unpaired) electrons. The summed E-state index contributed by atoms with van der Waals surface area (Å²) in [6, 6.07) is 11.2. The van der Waals surface area contributed by atoms with Crippen molar-refractivity contribution < 1.29 is 18.4 Å². The smallest absolute Gasteiger partial charge is 0.249 e. The molecule has 3 aromatic rings. The van der Waals surface area contributed by atoms with Crippen molar-refractivity contribution in [1.82, 2.24) is 15.1 Å². The van der Waals surface area contributed by atoms with Crippen molar-refractivity contribution in [1.29, 1.82) is 0 Å². The summed E-state index contributed by atoms with van der Waals surface area (Å²) in [5.41, 5.74) is 0.910. The Hall–Kier alpha value is -2.71. The third-order valence-electron chi connectivity index (χ3n) is 4.51. The highest BCUT2D eigenvalue weighted by atomic mass is 35.5. The van der Waals surface area contributed by atoms with Gasteiger partial charge in [0.15, 0.2) is 5.78 Å². The van der Waals surface area contributed by atoms with Gasteiger partial charge >= 0.3 is 0 Å². The average molecular weight is 462 g/mol. The average Bonchev–Trinajstić information content (AvgIpc) is 3.19. The first kappa shape index (κ1) is 23.0. The predicted octanol–water partition coefficient (Wildman–Crippen LogP) is 5.26. The van der Waals surface area contributed by atoms with Crippen molar-refractivity contribution in [3.8, 4) is 11.5 Å². The minimum atomic E-state index is -0.525. The van der Waals surface area contributed by atoms with Gasteiger partial charge in [0, 0.05) is 16.5 Å². The highest BCUT2D eigenvalue weighted by Gasteiger charge is 2.22. The van der Waals surface area contributed by atoms with Gasteiger partial charge in [0.05, 0.1) is 22.9 Å². The van der Waals surface area contributed by atoms with Gasteiger partial charge in [0.25, 0.3) is 0 Å². The van der Waals surface area contributed by atoms with Crippen molar-refractivity contribution in [3.63, 3.8) is 0 Å². The second kappa shape index (κ2) is 10.1. The molecular formula is C22H21ClFN3O3S. The van der Waals surface area contributed by atoms with Crippen molar-refractivity contribution in [2.45, 2.75) is 38.3 Å². The third kappa shape index (κ3) is 5.71. The number of thioether (sulfide) groups is 1. The van der Waals surface area contributed by atoms with Crippen LogP contribution in [-0.4, -0.2) is 38.6 Å². The quantitative estimate of drug-likeness (QED) is 0.336. The molecule has 1 amide bonds. The summed E-state index contributed by atoms with van der Waals surface area (Å²) in [7, 11) is 0. The number of carbonyl (C=O) groups is 2. The van der Waals surface area contributed by atoms with E-state index < -0.39 is 5.82 Å². The van der Waals surface area contributed by atoms with Crippen LogP contribution in [-0.2, 0) is 11.3 Å². The molecule has 0 aliphatic carbocycles. The molecule has 0 unspecified atom stereocenters. The Balaban J connectivity index is 1.68. The Bertz CT molecular complexity index is 1100. The van der Waals surface area contributed by atoms with Gasteiger partial charge in [-0.1, -0.05) is 29.8 Å². The number of Topliss-reactive ketones (excluding diaryl/α,β-unsaturated/α-hetero) is 1. The lowest BCUT2D eigenvalue weighted by Gasteiger charge is -2.25. The van der Waals surface area contributed by atoms with Gasteiger partial charge in [0.1, 0.15) is 5.82 Å². The normalized spacial score (nSPS) is 11.0. The van der Waals surface area contributed by atoms with Gasteiger partial charge in [-0.2, -0.15) is 0 Å². The molecular weight excluding hydrogens is 441 g/mol. The van der Waals surface area contributed by atoms with Gasteiger partial charge in [-0.25, -0.2) is 4.39 Å². The van der Waals surface area contributed by atoms with Gasteiger partial charge in [-0.3, -0.25) is 9.59 Å². The van der Waals surface area contributed by atoms with Crippen LogP contribution in [0.2, 0.25) is 5.02 Å². The molecule has 0 spiro atoms. The minimum Gasteiger partial charge on any atom is -0.419 e. The number of ketones is 1. The summed E-state index contributed by atoms with van der Waals surface area (Å²) in [5, 5.41) is 8.54. The molecule has 1 heterocycles. The standard InChI is InChI=1S/C22H21ClFN3O3S/c1-13(2)27(11-20-25-26-22(30-20)16-6-4-5-7-17(16)23)21(29)12-31-19-9-8-15(14(3)28)10-18(19)24/h4-10,13H,11-12H2,1-3H3. The topological polar surface area (TPSA) is 76.3 Å². The van der Waals surface area contributed by atoms with Crippen LogP contribution in [0.15, 0.2) is 51.8 Å². The summed E-state index contributed by atoms with van der Waals surface area (Å²) in [6.45, 7) is 5.24. The Morgan fingerprint density at radius 3 is 2.58 bits per heavy atom. The van der Waals surface area contributed by atoms with Crippen LogP contribution < -0.4 is 0 Å². The molecule has 0 aliphatic rings. The van der Waals surface area contributed by atoms with E-state index in [1.807, 2.05) is 19.9 Å². The Morgan fingerprint density at radius 1 is 1.19 bits per heavy atom. The fourth-order valence-corrected chi connectivity index (χ4v) is 3.85. The zero-order chi connectivity index (χ0) is 22.5. The molecule has 2 aromatic carbocycles. The second-order valence-corrected chi connectivity index (χ2v) is 8.51. The Labute approximate surface area is 188 Å². The molecule has 0 fully saturated rings. The molecule has 0 bridgehead atoms. The molecule has 162 valence electrons. The first-order chi connectivity index (χ1) is 14.8. The number of halogens is 2. The molecule has 3 rings (SSSR count). The Kier molecular flexibility index (Phi) is 7.46. The van der Waals surface area contributed by atoms with Gasteiger partial charge < -0.3 is 9.32 Å². The summed E-state index contributed by atoms with van der Waals surface area (Å²) >= 11 is 7.24. The van der Waals surface area contributed by atoms with E-state index in [9.17, 15) is 14.0 Å². The first-order valence-electron chi connectivity index (χ1n) is 9.56. The lowest BCUT2D eigenvalue weighted by atomic mass is 10.1. The zero-order valence-electron chi connectivity index (χ0n) is 17.3. The second-order valence-electron chi connectivity index (χ2n) is 7.09. The molecule has 0 N–H and O–H groups in total. The minimum absolute atomic E-state index is 0.0278. The highest BCUT2D eigenvalue weighted by Crippen LogP contribution is 2.27. The molecule has 0 saturated heterocycles. The molecule has 0 atom stereocenters. The van der Waals surface area contributed by atoms with Gasteiger partial charge in [-0.05, 0) is 45.0 Å². The predicted molar refractivity (Wildman–Crippen MR) is 118 cm³/mol. The maximum Gasteiger partial charge on any atom is 0.249 e. The summed E-state index contributed by atoms with van der Waals surface area (Å²) in [6.07, 6.45) is 0. The lowest BCUT2D eigenvalue weighted by Crippen LogP contribution is -2.37. The van der Waals surface area contributed by atoms with E-state index in [2.05, 4.69) is 10.2 Å².